The predicted molar refractivity (Wildman–Crippen MR) is 221 cm³/mol. The molecule has 0 fully saturated rings. The monoisotopic (exact) mass is 681 g/mol. The molecule has 0 radical (unpaired) electrons. The minimum atomic E-state index is -0.281. The van der Waals surface area contributed by atoms with Crippen molar-refractivity contribution in [1.82, 2.24) is 0 Å². The topological polar surface area (TPSA) is 21.7 Å². The second-order valence-corrected chi connectivity index (χ2v) is 15.4. The van der Waals surface area contributed by atoms with Crippen LogP contribution in [0.1, 0.15) is 36.1 Å². The summed E-state index contributed by atoms with van der Waals surface area (Å²) in [4.78, 5) is 2.43. The lowest BCUT2D eigenvalue weighted by atomic mass is 9.34. The van der Waals surface area contributed by atoms with Crippen LogP contribution in [0, 0.1) is 13.8 Å². The number of rotatable bonds is 3. The predicted octanol–water partition coefficient (Wildman–Crippen LogP) is 11.1. The molecule has 2 heterocycles. The van der Waals surface area contributed by atoms with E-state index in [1.54, 1.807) is 0 Å². The maximum atomic E-state index is 6.88. The summed E-state index contributed by atoms with van der Waals surface area (Å²) in [6.07, 6.45) is 0. The Bertz CT molecular complexity index is 2790. The highest BCUT2D eigenvalue weighted by atomic mass is 16.5. The van der Waals surface area contributed by atoms with E-state index < -0.39 is 0 Å². The summed E-state index contributed by atoms with van der Waals surface area (Å²) >= 11 is 0. The molecule has 2 aliphatic heterocycles. The molecule has 1 aliphatic carbocycles. The Balaban J connectivity index is 1.16. The number of nitrogens with zero attached hydrogens (tertiary/aromatic N) is 1. The fourth-order valence-corrected chi connectivity index (χ4v) is 9.26. The van der Waals surface area contributed by atoms with Crippen LogP contribution < -0.4 is 30.8 Å². The van der Waals surface area contributed by atoms with Crippen molar-refractivity contribution >= 4 is 61.7 Å². The second kappa shape index (κ2) is 10.9. The Morgan fingerprint density at radius 3 is 1.81 bits per heavy atom. The molecule has 0 bridgehead atoms. The number of benzene rings is 8. The highest BCUT2D eigenvalue weighted by Crippen LogP contribution is 2.55. The quantitative estimate of drug-likeness (QED) is 0.173. The normalized spacial score (nSPS) is 14.1. The summed E-state index contributed by atoms with van der Waals surface area (Å²) in [5, 5.41) is 4.89. The molecule has 11 rings (SSSR count). The van der Waals surface area contributed by atoms with E-state index in [0.717, 1.165) is 39.8 Å². The Morgan fingerprint density at radius 2 is 1.11 bits per heavy atom. The van der Waals surface area contributed by atoms with Crippen LogP contribution in [-0.2, 0) is 5.41 Å². The molecular weight excluding hydrogens is 645 g/mol. The van der Waals surface area contributed by atoms with Gasteiger partial charge >= 0.3 is 0 Å². The Morgan fingerprint density at radius 1 is 0.509 bits per heavy atom. The average Bonchev–Trinajstić information content (AvgIpc) is 3.40. The molecular formula is C49H36BNO2. The van der Waals surface area contributed by atoms with Crippen LogP contribution in [0.4, 0.5) is 17.1 Å². The van der Waals surface area contributed by atoms with Gasteiger partial charge in [-0.15, -0.1) is 0 Å². The third kappa shape index (κ3) is 4.30. The molecule has 0 aromatic heterocycles. The molecule has 0 saturated carbocycles. The second-order valence-electron chi connectivity index (χ2n) is 15.4. The molecule has 0 unspecified atom stereocenters. The van der Waals surface area contributed by atoms with Gasteiger partial charge in [0.15, 0.2) is 0 Å². The maximum absolute atomic E-state index is 6.88. The van der Waals surface area contributed by atoms with Gasteiger partial charge in [-0.2, -0.15) is 0 Å². The lowest BCUT2D eigenvalue weighted by molar-refractivity contribution is 0.465. The first kappa shape index (κ1) is 30.4. The molecule has 0 saturated heterocycles. The van der Waals surface area contributed by atoms with E-state index >= 15 is 0 Å². The molecule has 3 nitrogen and oxygen atoms in total. The smallest absolute Gasteiger partial charge is 0.261 e. The van der Waals surface area contributed by atoms with Crippen molar-refractivity contribution in [2.75, 3.05) is 4.90 Å². The van der Waals surface area contributed by atoms with Gasteiger partial charge in [-0.3, -0.25) is 0 Å². The summed E-state index contributed by atoms with van der Waals surface area (Å²) in [5.41, 5.74) is 14.4. The van der Waals surface area contributed by atoms with Gasteiger partial charge < -0.3 is 14.4 Å². The molecule has 0 atom stereocenters. The van der Waals surface area contributed by atoms with Crippen LogP contribution in [0.5, 0.6) is 23.0 Å². The minimum Gasteiger partial charge on any atom is -0.458 e. The van der Waals surface area contributed by atoms with E-state index in [2.05, 4.69) is 172 Å². The number of anilines is 3. The van der Waals surface area contributed by atoms with Crippen LogP contribution in [0.25, 0.3) is 32.7 Å². The van der Waals surface area contributed by atoms with Gasteiger partial charge in [0, 0.05) is 27.6 Å². The summed E-state index contributed by atoms with van der Waals surface area (Å²) in [6.45, 7) is 9.06. The highest BCUT2D eigenvalue weighted by molar-refractivity contribution is 6.99. The first-order chi connectivity index (χ1) is 25.8. The molecule has 0 spiro atoms. The molecule has 252 valence electrons. The van der Waals surface area contributed by atoms with Crippen LogP contribution in [0.3, 0.4) is 0 Å². The average molecular weight is 682 g/mol. The van der Waals surface area contributed by atoms with Gasteiger partial charge in [-0.05, 0) is 118 Å². The fraction of sp³-hybridized carbons (Fsp3) is 0.102. The van der Waals surface area contributed by atoms with Gasteiger partial charge in [0.1, 0.15) is 23.0 Å². The van der Waals surface area contributed by atoms with Gasteiger partial charge in [0.2, 0.25) is 0 Å². The molecule has 3 aliphatic rings. The molecule has 4 heteroatoms. The summed E-state index contributed by atoms with van der Waals surface area (Å²) < 4.78 is 13.5. The zero-order chi connectivity index (χ0) is 35.6. The van der Waals surface area contributed by atoms with Crippen LogP contribution in [-0.4, -0.2) is 6.71 Å². The van der Waals surface area contributed by atoms with Gasteiger partial charge in [0.05, 0.1) is 5.69 Å². The lowest BCUT2D eigenvalue weighted by Crippen LogP contribution is -2.57. The number of ether oxygens (including phenoxy) is 2. The largest absolute Gasteiger partial charge is 0.458 e. The molecule has 8 aromatic rings. The van der Waals surface area contributed by atoms with E-state index in [-0.39, 0.29) is 12.1 Å². The van der Waals surface area contributed by atoms with E-state index in [1.807, 2.05) is 6.07 Å². The minimum absolute atomic E-state index is 0.0181. The number of hydrogen-bond donors (Lipinski definition) is 0. The Kier molecular flexibility index (Phi) is 6.24. The fourth-order valence-electron chi connectivity index (χ4n) is 9.26. The van der Waals surface area contributed by atoms with Crippen molar-refractivity contribution in [3.63, 3.8) is 0 Å². The van der Waals surface area contributed by atoms with Crippen molar-refractivity contribution in [1.29, 1.82) is 0 Å². The first-order valence-corrected chi connectivity index (χ1v) is 18.5. The molecule has 53 heavy (non-hydrogen) atoms. The number of hydrogen-bond acceptors (Lipinski definition) is 3. The third-order valence-corrected chi connectivity index (χ3v) is 11.9. The van der Waals surface area contributed by atoms with Crippen molar-refractivity contribution < 1.29 is 9.47 Å². The van der Waals surface area contributed by atoms with Gasteiger partial charge in [-0.25, -0.2) is 0 Å². The maximum Gasteiger partial charge on any atom is 0.261 e. The Labute approximate surface area is 310 Å². The Hall–Kier alpha value is -6.26. The van der Waals surface area contributed by atoms with Crippen molar-refractivity contribution in [2.45, 2.75) is 33.1 Å². The molecule has 8 aromatic carbocycles. The first-order valence-electron chi connectivity index (χ1n) is 18.5. The number of aryl methyl sites for hydroxylation is 2. The van der Waals surface area contributed by atoms with E-state index in [1.165, 1.54) is 71.5 Å². The van der Waals surface area contributed by atoms with Crippen LogP contribution in [0.15, 0.2) is 146 Å². The van der Waals surface area contributed by atoms with Crippen molar-refractivity contribution in [3.05, 3.63) is 168 Å². The third-order valence-electron chi connectivity index (χ3n) is 11.9. The summed E-state index contributed by atoms with van der Waals surface area (Å²) in [6, 6.07) is 53.1. The highest BCUT2D eigenvalue weighted by Gasteiger charge is 2.45. The number of fused-ring (bicyclic) bond motifs is 11. The summed E-state index contributed by atoms with van der Waals surface area (Å²) in [7, 11) is 0. The van der Waals surface area contributed by atoms with E-state index in [0.29, 0.717) is 0 Å². The SMILES string of the molecule is Cc1ccc(N(c2ccc(C)cc2)c2cc3c(c4ccccc24)-c2cc4c(cc2C3(C)C)B2c3c(cccc3Oc3ccc5ccccc5c32)O4)cc1. The molecule has 0 N–H and O–H groups in total. The zero-order valence-electron chi connectivity index (χ0n) is 30.2. The lowest BCUT2D eigenvalue weighted by Gasteiger charge is -2.34. The van der Waals surface area contributed by atoms with Gasteiger partial charge in [0.25, 0.3) is 6.71 Å². The standard InChI is InChI=1S/C49H36BNO2/c1-29-16-21-32(22-17-29)51(33-23-18-30(2)19-24-33)41-28-39-46(36-13-8-7-12-35(36)41)37-26-45-40(27-38(37)49(39,3)4)50-47-34-11-6-5-10-31(34)20-25-44(47)52-42-14-9-15-43(53-45)48(42)50/h5-28H,1-4H3. The van der Waals surface area contributed by atoms with Crippen LogP contribution in [0.2, 0.25) is 0 Å². The zero-order valence-corrected chi connectivity index (χ0v) is 30.2. The van der Waals surface area contributed by atoms with E-state index in [4.69, 9.17) is 9.47 Å². The van der Waals surface area contributed by atoms with E-state index in [9.17, 15) is 0 Å². The van der Waals surface area contributed by atoms with Crippen molar-refractivity contribution in [2.24, 2.45) is 0 Å². The molecule has 0 amide bonds. The summed E-state index contributed by atoms with van der Waals surface area (Å²) in [5.74, 6) is 3.56. The van der Waals surface area contributed by atoms with Crippen molar-refractivity contribution in [3.8, 4) is 34.1 Å². The van der Waals surface area contributed by atoms with Crippen LogP contribution >= 0.6 is 0 Å². The van der Waals surface area contributed by atoms with Gasteiger partial charge in [-0.1, -0.05) is 116 Å².